The van der Waals surface area contributed by atoms with Crippen molar-refractivity contribution in [3.8, 4) is 43.4 Å². The summed E-state index contributed by atoms with van der Waals surface area (Å²) in [5.41, 5.74) is 29.6. The van der Waals surface area contributed by atoms with E-state index >= 15 is 0 Å². The maximum Gasteiger partial charge on any atom is 0.217 e. The average Bonchev–Trinajstić information content (AvgIpc) is 4.46. The highest BCUT2D eigenvalue weighted by atomic mass is 32.2. The summed E-state index contributed by atoms with van der Waals surface area (Å²) in [4.78, 5) is 13.0. The number of aromatic nitrogens is 2. The number of fused-ring (bicyclic) bond motifs is 19. The van der Waals surface area contributed by atoms with Crippen molar-refractivity contribution in [1.29, 1.82) is 0 Å². The van der Waals surface area contributed by atoms with Crippen molar-refractivity contribution in [3.05, 3.63) is 274 Å². The van der Waals surface area contributed by atoms with E-state index in [9.17, 15) is 0 Å². The lowest BCUT2D eigenvalue weighted by molar-refractivity contribution is 0.632. The van der Waals surface area contributed by atoms with E-state index in [-0.39, 0.29) is 5.37 Å². The highest BCUT2D eigenvalue weighted by Crippen LogP contribution is 2.68. The fourth-order valence-corrected chi connectivity index (χ4v) is 17.0. The fourth-order valence-electron chi connectivity index (χ4n) is 12.9. The number of benzene rings is 10. The summed E-state index contributed by atoms with van der Waals surface area (Å²) in [6, 6.07) is 81.9. The third-order valence-electron chi connectivity index (χ3n) is 16.0. The first kappa shape index (κ1) is 42.8. The highest BCUT2D eigenvalue weighted by Gasteiger charge is 2.59. The van der Waals surface area contributed by atoms with E-state index in [4.69, 9.17) is 15.7 Å². The van der Waals surface area contributed by atoms with Crippen molar-refractivity contribution in [2.24, 2.45) is 0 Å². The normalized spacial score (nSPS) is 18.2. The molecule has 0 radical (unpaired) electrons. The Morgan fingerprint density at radius 3 is 1.54 bits per heavy atom. The van der Waals surface area contributed by atoms with Crippen LogP contribution in [0.1, 0.15) is 61.0 Å². The van der Waals surface area contributed by atoms with Crippen molar-refractivity contribution in [1.82, 2.24) is 9.97 Å². The summed E-state index contributed by atoms with van der Waals surface area (Å²) < 4.78 is 2.38. The van der Waals surface area contributed by atoms with Crippen molar-refractivity contribution >= 4 is 78.0 Å². The molecule has 8 heteroatoms. The summed E-state index contributed by atoms with van der Waals surface area (Å²) >= 11 is 6.60. The molecular formula is C66H43N4S4+. The van der Waals surface area contributed by atoms with E-state index in [1.165, 1.54) is 110 Å². The van der Waals surface area contributed by atoms with Crippen LogP contribution in [0, 0.1) is 0 Å². The van der Waals surface area contributed by atoms with Crippen LogP contribution in [0.3, 0.4) is 0 Å². The van der Waals surface area contributed by atoms with Gasteiger partial charge in [-0.25, -0.2) is 9.97 Å². The lowest BCUT2D eigenvalue weighted by Crippen LogP contribution is -2.43. The number of para-hydroxylation sites is 4. The van der Waals surface area contributed by atoms with E-state index in [2.05, 4.69) is 212 Å². The standard InChI is InChI=1S/C66H42N4S4/c67-54-17-5-9-21-58(54)71-37-38-25-29-42-43-30-26-39(62-68-55-18-6-10-22-59(55)72-62)34-51(43)65(50(42)33-38)46-13-1-3-15-48(46)66(49-16-4-2-14-47(49)65)52-35-40(63-69-56-19-7-11-23-60(56)73-63)27-31-44(52)45-32-28-41(36-53(45)66)64-70-57-20-8-12-24-61(57)74-64/h1-36,63,69H,37,67H2/p+1. The summed E-state index contributed by atoms with van der Waals surface area (Å²) in [5, 5.41) is 6.10. The Labute approximate surface area is 445 Å². The molecular weight excluding hydrogens is 977 g/mol. The predicted molar refractivity (Wildman–Crippen MR) is 312 cm³/mol. The minimum absolute atomic E-state index is 0.120. The first-order chi connectivity index (χ1) is 36.5. The predicted octanol–water partition coefficient (Wildman–Crippen LogP) is 16.5. The van der Waals surface area contributed by atoms with Crippen LogP contribution in [0.15, 0.2) is 228 Å². The Morgan fingerprint density at radius 1 is 0.473 bits per heavy atom. The Kier molecular flexibility index (Phi) is 9.32. The average molecular weight is 1020 g/mol. The molecule has 1 unspecified atom stereocenters. The molecule has 0 saturated heterocycles. The molecule has 0 saturated carbocycles. The van der Waals surface area contributed by atoms with Gasteiger partial charge in [0, 0.05) is 44.8 Å². The van der Waals surface area contributed by atoms with Crippen LogP contribution in [0.2, 0.25) is 0 Å². The lowest BCUT2D eigenvalue weighted by Gasteiger charge is -2.49. The highest BCUT2D eigenvalue weighted by molar-refractivity contribution is 7.98. The van der Waals surface area contributed by atoms with E-state index < -0.39 is 10.8 Å². The van der Waals surface area contributed by atoms with Crippen molar-refractivity contribution in [2.45, 2.75) is 31.7 Å². The number of rotatable bonds is 6. The monoisotopic (exact) mass is 1020 g/mol. The topological polar surface area (TPSA) is 63.8 Å². The molecule has 0 bridgehead atoms. The molecule has 2 spiro atoms. The van der Waals surface area contributed by atoms with Crippen LogP contribution < -0.4 is 11.1 Å². The second-order valence-electron chi connectivity index (χ2n) is 19.8. The Balaban J connectivity index is 0.976. The Bertz CT molecular complexity index is 4200. The van der Waals surface area contributed by atoms with Crippen molar-refractivity contribution in [2.75, 3.05) is 11.1 Å². The van der Waals surface area contributed by atoms with Gasteiger partial charge in [-0.2, -0.15) is 0 Å². The molecule has 1 atom stereocenters. The second-order valence-corrected chi connectivity index (χ2v) is 24.1. The second kappa shape index (κ2) is 16.1. The number of thioether (sulfide) groups is 1. The third kappa shape index (κ3) is 5.99. The van der Waals surface area contributed by atoms with Gasteiger partial charge in [0.05, 0.1) is 37.0 Å². The van der Waals surface area contributed by atoms with Gasteiger partial charge in [0.2, 0.25) is 5.37 Å². The zero-order valence-electron chi connectivity index (χ0n) is 39.7. The number of thiazole rings is 2. The van der Waals surface area contributed by atoms with Gasteiger partial charge < -0.3 is 11.1 Å². The number of nitrogens with two attached hydrogens (primary N) is 1. The van der Waals surface area contributed by atoms with Gasteiger partial charge >= 0.3 is 0 Å². The summed E-state index contributed by atoms with van der Waals surface area (Å²) in [6.07, 6.45) is 0. The molecule has 3 heterocycles. The fraction of sp³-hybridized carbons (Fsp3) is 0.0606. The summed E-state index contributed by atoms with van der Waals surface area (Å²) in [7, 11) is 0. The van der Waals surface area contributed by atoms with Gasteiger partial charge in [-0.1, -0.05) is 152 Å². The number of nitrogens with zero attached hydrogens (tertiary/aromatic N) is 2. The number of hydrogen-bond acceptors (Lipinski definition) is 7. The molecule has 3 aliphatic carbocycles. The number of thiol groups is 1. The first-order valence-corrected chi connectivity index (χ1v) is 28.7. The molecule has 4 aliphatic rings. The largest absolute Gasteiger partial charge is 0.398 e. The van der Waals surface area contributed by atoms with E-state index in [1.807, 2.05) is 12.1 Å². The Hall–Kier alpha value is -7.72. The van der Waals surface area contributed by atoms with Gasteiger partial charge in [-0.05, 0) is 139 Å². The molecule has 0 fully saturated rings. The SMILES string of the molecule is Nc1ccccc1SCc1ccc2c(c1)C1(c3cc(-c4nc5ccccc5s4)ccc3-2)c2ccccc2C2(c3cc(-c4nc5ccccc5s4)ccc3-c3ccc(C4Nc5ccccc5[SH+]4)cc32)c2ccccc21. The molecule has 16 rings (SSSR count). The third-order valence-corrected chi connectivity index (χ3v) is 20.7. The Morgan fingerprint density at radius 2 is 0.959 bits per heavy atom. The van der Waals surface area contributed by atoms with Crippen molar-refractivity contribution in [3.63, 3.8) is 0 Å². The van der Waals surface area contributed by atoms with Gasteiger partial charge in [-0.3, -0.25) is 0 Å². The molecule has 1 aliphatic heterocycles. The molecule has 2 aromatic heterocycles. The minimum atomic E-state index is -0.681. The first-order valence-electron chi connectivity index (χ1n) is 25.1. The number of nitrogen functional groups attached to an aromatic ring is 1. The number of hydrogen-bond donors (Lipinski definition) is 2. The van der Waals surface area contributed by atoms with Crippen LogP contribution in [0.25, 0.3) is 63.8 Å². The minimum Gasteiger partial charge on any atom is -0.398 e. The molecule has 3 N–H and O–H groups in total. The maximum atomic E-state index is 6.55. The van der Waals surface area contributed by atoms with Crippen LogP contribution >= 0.6 is 34.4 Å². The van der Waals surface area contributed by atoms with Crippen LogP contribution in [0.5, 0.6) is 0 Å². The molecule has 74 heavy (non-hydrogen) atoms. The van der Waals surface area contributed by atoms with E-state index in [0.717, 1.165) is 48.5 Å². The zero-order valence-corrected chi connectivity index (χ0v) is 43.1. The van der Waals surface area contributed by atoms with Crippen LogP contribution in [-0.2, 0) is 28.3 Å². The van der Waals surface area contributed by atoms with Crippen LogP contribution in [0.4, 0.5) is 11.4 Å². The van der Waals surface area contributed by atoms with E-state index in [1.54, 1.807) is 34.4 Å². The van der Waals surface area contributed by atoms with E-state index in [0.29, 0.717) is 0 Å². The molecule has 0 amide bonds. The number of nitrogens with one attached hydrogen (secondary N) is 1. The van der Waals surface area contributed by atoms with Gasteiger partial charge in [-0.15, -0.1) is 34.4 Å². The smallest absolute Gasteiger partial charge is 0.217 e. The molecule has 350 valence electrons. The molecule has 10 aromatic carbocycles. The van der Waals surface area contributed by atoms with Crippen LogP contribution in [-0.4, -0.2) is 9.97 Å². The lowest BCUT2D eigenvalue weighted by atomic mass is 9.52. The molecule has 12 aromatic rings. The maximum absolute atomic E-state index is 6.55. The quantitative estimate of drug-likeness (QED) is 0.0752. The van der Waals surface area contributed by atoms with Gasteiger partial charge in [0.25, 0.3) is 0 Å². The van der Waals surface area contributed by atoms with Gasteiger partial charge in [0.1, 0.15) is 10.0 Å². The van der Waals surface area contributed by atoms with Gasteiger partial charge in [0.15, 0.2) is 4.90 Å². The molecule has 4 nitrogen and oxygen atoms in total. The summed E-state index contributed by atoms with van der Waals surface area (Å²) in [5.74, 6) is 0.786. The zero-order chi connectivity index (χ0) is 48.7. The number of anilines is 2. The van der Waals surface area contributed by atoms with Crippen molar-refractivity contribution < 1.29 is 0 Å². The summed E-state index contributed by atoms with van der Waals surface area (Å²) in [6.45, 7) is 0.